The van der Waals surface area contributed by atoms with E-state index in [2.05, 4.69) is 36.2 Å². The van der Waals surface area contributed by atoms with E-state index in [0.717, 1.165) is 11.4 Å². The van der Waals surface area contributed by atoms with Crippen LogP contribution in [0.2, 0.25) is 0 Å². The maximum atomic E-state index is 6.57. The van der Waals surface area contributed by atoms with Gasteiger partial charge in [-0.05, 0) is 42.4 Å². The van der Waals surface area contributed by atoms with Crippen LogP contribution in [0.3, 0.4) is 0 Å². The zero-order valence-corrected chi connectivity index (χ0v) is 11.5. The summed E-state index contributed by atoms with van der Waals surface area (Å²) in [5, 5.41) is 1.22. The lowest BCUT2D eigenvalue weighted by Gasteiger charge is -2.31. The highest BCUT2D eigenvalue weighted by atomic mass is 14.7. The van der Waals surface area contributed by atoms with E-state index in [1.54, 1.807) is 0 Å². The normalized spacial score (nSPS) is 25.4. The van der Waals surface area contributed by atoms with Crippen LogP contribution in [0.25, 0.3) is 10.9 Å². The van der Waals surface area contributed by atoms with Gasteiger partial charge in [0, 0.05) is 17.6 Å². The molecule has 0 aliphatic heterocycles. The van der Waals surface area contributed by atoms with Gasteiger partial charge in [0.2, 0.25) is 0 Å². The molecular weight excluding hydrogens is 232 g/mol. The molecule has 2 nitrogen and oxygen atoms in total. The molecule has 0 saturated heterocycles. The van der Waals surface area contributed by atoms with E-state index < -0.39 is 0 Å². The predicted molar refractivity (Wildman–Crippen MR) is 79.8 cm³/mol. The summed E-state index contributed by atoms with van der Waals surface area (Å²) in [7, 11) is 0. The molecular formula is C17H22N2. The van der Waals surface area contributed by atoms with Crippen LogP contribution >= 0.6 is 0 Å². The zero-order chi connectivity index (χ0) is 13.2. The molecule has 3 unspecified atom stereocenters. The van der Waals surface area contributed by atoms with Crippen molar-refractivity contribution in [2.24, 2.45) is 17.6 Å². The Kier molecular flexibility index (Phi) is 3.52. The first-order valence-electron chi connectivity index (χ1n) is 7.35. The molecule has 0 amide bonds. The molecule has 100 valence electrons. The first-order chi connectivity index (χ1) is 9.25. The summed E-state index contributed by atoms with van der Waals surface area (Å²) in [5.41, 5.74) is 8.89. The van der Waals surface area contributed by atoms with Gasteiger partial charge in [-0.25, -0.2) is 0 Å². The van der Waals surface area contributed by atoms with Gasteiger partial charge in [-0.1, -0.05) is 38.0 Å². The number of rotatable bonds is 2. The van der Waals surface area contributed by atoms with Gasteiger partial charge < -0.3 is 5.73 Å². The lowest BCUT2D eigenvalue weighted by Crippen LogP contribution is -2.26. The Morgan fingerprint density at radius 1 is 1.21 bits per heavy atom. The number of aromatic nitrogens is 1. The van der Waals surface area contributed by atoms with Gasteiger partial charge >= 0.3 is 0 Å². The van der Waals surface area contributed by atoms with Gasteiger partial charge in [-0.3, -0.25) is 4.98 Å². The van der Waals surface area contributed by atoms with Crippen LogP contribution in [-0.2, 0) is 0 Å². The van der Waals surface area contributed by atoms with Gasteiger partial charge in [0.1, 0.15) is 0 Å². The van der Waals surface area contributed by atoms with Gasteiger partial charge in [0.15, 0.2) is 0 Å². The Morgan fingerprint density at radius 3 is 2.95 bits per heavy atom. The molecule has 1 saturated carbocycles. The molecule has 1 fully saturated rings. The second-order valence-electron chi connectivity index (χ2n) is 5.97. The fourth-order valence-electron chi connectivity index (χ4n) is 3.48. The molecule has 1 heterocycles. The quantitative estimate of drug-likeness (QED) is 0.877. The predicted octanol–water partition coefficient (Wildman–Crippen LogP) is 4.06. The SMILES string of the molecule is CC1CCCC(C(N)c2cccc3ncccc23)C1. The van der Waals surface area contributed by atoms with Crippen molar-refractivity contribution in [3.05, 3.63) is 42.1 Å². The standard InChI is InChI=1S/C17H22N2/c1-12-5-2-6-13(11-12)17(18)15-7-3-9-16-14(15)8-4-10-19-16/h3-4,7-10,12-13,17H,2,5-6,11,18H2,1H3. The average Bonchev–Trinajstić information content (AvgIpc) is 2.46. The minimum absolute atomic E-state index is 0.149. The summed E-state index contributed by atoms with van der Waals surface area (Å²) < 4.78 is 0. The Morgan fingerprint density at radius 2 is 2.11 bits per heavy atom. The number of hydrogen-bond acceptors (Lipinski definition) is 2. The number of nitrogens with two attached hydrogens (primary N) is 1. The molecule has 3 atom stereocenters. The molecule has 2 aromatic rings. The van der Waals surface area contributed by atoms with Crippen molar-refractivity contribution in [2.45, 2.75) is 38.6 Å². The van der Waals surface area contributed by atoms with E-state index in [-0.39, 0.29) is 6.04 Å². The molecule has 1 aliphatic carbocycles. The molecule has 0 spiro atoms. The maximum absolute atomic E-state index is 6.57. The molecule has 2 heteroatoms. The van der Waals surface area contributed by atoms with Crippen molar-refractivity contribution in [1.82, 2.24) is 4.98 Å². The molecule has 1 aromatic heterocycles. The Balaban J connectivity index is 1.95. The second-order valence-corrected chi connectivity index (χ2v) is 5.97. The highest BCUT2D eigenvalue weighted by Gasteiger charge is 2.26. The highest BCUT2D eigenvalue weighted by molar-refractivity contribution is 5.82. The molecule has 2 N–H and O–H groups in total. The Hall–Kier alpha value is -1.41. The lowest BCUT2D eigenvalue weighted by molar-refractivity contribution is 0.248. The van der Waals surface area contributed by atoms with E-state index in [0.29, 0.717) is 5.92 Å². The number of hydrogen-bond donors (Lipinski definition) is 1. The topological polar surface area (TPSA) is 38.9 Å². The Labute approximate surface area is 115 Å². The third-order valence-electron chi connectivity index (χ3n) is 4.52. The largest absolute Gasteiger partial charge is 0.324 e. The van der Waals surface area contributed by atoms with Crippen LogP contribution in [0.15, 0.2) is 36.5 Å². The van der Waals surface area contributed by atoms with Crippen LogP contribution in [-0.4, -0.2) is 4.98 Å². The highest BCUT2D eigenvalue weighted by Crippen LogP contribution is 2.37. The summed E-state index contributed by atoms with van der Waals surface area (Å²) in [6.45, 7) is 2.35. The monoisotopic (exact) mass is 254 g/mol. The van der Waals surface area contributed by atoms with Crippen molar-refractivity contribution in [1.29, 1.82) is 0 Å². The molecule has 3 rings (SSSR count). The van der Waals surface area contributed by atoms with Gasteiger partial charge in [0.05, 0.1) is 5.52 Å². The third kappa shape index (κ3) is 2.50. The van der Waals surface area contributed by atoms with Crippen molar-refractivity contribution in [3.63, 3.8) is 0 Å². The van der Waals surface area contributed by atoms with Gasteiger partial charge in [0.25, 0.3) is 0 Å². The third-order valence-corrected chi connectivity index (χ3v) is 4.52. The number of pyridine rings is 1. The van der Waals surface area contributed by atoms with Crippen LogP contribution in [0.5, 0.6) is 0 Å². The van der Waals surface area contributed by atoms with E-state index in [9.17, 15) is 0 Å². The molecule has 0 radical (unpaired) electrons. The molecule has 1 aliphatic rings. The lowest BCUT2D eigenvalue weighted by atomic mass is 9.76. The van der Waals surface area contributed by atoms with Crippen LogP contribution in [0.1, 0.15) is 44.2 Å². The first-order valence-corrected chi connectivity index (χ1v) is 7.35. The van der Waals surface area contributed by atoms with Crippen LogP contribution < -0.4 is 5.73 Å². The van der Waals surface area contributed by atoms with Gasteiger partial charge in [-0.15, -0.1) is 0 Å². The van der Waals surface area contributed by atoms with Crippen LogP contribution in [0, 0.1) is 11.8 Å². The molecule has 1 aromatic carbocycles. The fourth-order valence-corrected chi connectivity index (χ4v) is 3.48. The van der Waals surface area contributed by atoms with E-state index >= 15 is 0 Å². The van der Waals surface area contributed by atoms with E-state index in [4.69, 9.17) is 5.73 Å². The minimum atomic E-state index is 0.149. The molecule has 0 bridgehead atoms. The summed E-state index contributed by atoms with van der Waals surface area (Å²) in [6, 6.07) is 10.6. The zero-order valence-electron chi connectivity index (χ0n) is 11.5. The summed E-state index contributed by atoms with van der Waals surface area (Å²) in [4.78, 5) is 4.43. The second kappa shape index (κ2) is 5.30. The number of nitrogens with zero attached hydrogens (tertiary/aromatic N) is 1. The van der Waals surface area contributed by atoms with Crippen LogP contribution in [0.4, 0.5) is 0 Å². The fraction of sp³-hybridized carbons (Fsp3) is 0.471. The smallest absolute Gasteiger partial charge is 0.0705 e. The first kappa shape index (κ1) is 12.6. The summed E-state index contributed by atoms with van der Waals surface area (Å²) in [6.07, 6.45) is 7.06. The Bertz CT molecular complexity index is 559. The van der Waals surface area contributed by atoms with Crippen molar-refractivity contribution in [3.8, 4) is 0 Å². The summed E-state index contributed by atoms with van der Waals surface area (Å²) in [5.74, 6) is 1.44. The average molecular weight is 254 g/mol. The maximum Gasteiger partial charge on any atom is 0.0705 e. The number of fused-ring (bicyclic) bond motifs is 1. The minimum Gasteiger partial charge on any atom is -0.324 e. The van der Waals surface area contributed by atoms with E-state index in [1.165, 1.54) is 36.6 Å². The van der Waals surface area contributed by atoms with Crippen molar-refractivity contribution >= 4 is 10.9 Å². The van der Waals surface area contributed by atoms with Crippen molar-refractivity contribution in [2.75, 3.05) is 0 Å². The summed E-state index contributed by atoms with van der Waals surface area (Å²) >= 11 is 0. The number of benzene rings is 1. The van der Waals surface area contributed by atoms with Crippen molar-refractivity contribution < 1.29 is 0 Å². The van der Waals surface area contributed by atoms with E-state index in [1.807, 2.05) is 12.3 Å². The van der Waals surface area contributed by atoms with Gasteiger partial charge in [-0.2, -0.15) is 0 Å². The molecule has 19 heavy (non-hydrogen) atoms.